The monoisotopic (exact) mass is 344 g/mol. The van der Waals surface area contributed by atoms with Crippen molar-refractivity contribution in [3.8, 4) is 0 Å². The van der Waals surface area contributed by atoms with Crippen molar-refractivity contribution >= 4 is 23.0 Å². The van der Waals surface area contributed by atoms with E-state index < -0.39 is 0 Å². The van der Waals surface area contributed by atoms with Crippen LogP contribution in [0.3, 0.4) is 0 Å². The summed E-state index contributed by atoms with van der Waals surface area (Å²) >= 11 is 5.60. The smallest absolute Gasteiger partial charge is 0.173 e. The van der Waals surface area contributed by atoms with Crippen LogP contribution in [0.25, 0.3) is 0 Å². The largest absolute Gasteiger partial charge is 0.361 e. The van der Waals surface area contributed by atoms with Crippen LogP contribution in [0.4, 0.5) is 5.69 Å². The summed E-state index contributed by atoms with van der Waals surface area (Å²) in [5.74, 6) is 0.863. The van der Waals surface area contributed by atoms with Crippen LogP contribution in [0, 0.1) is 20.8 Å². The van der Waals surface area contributed by atoms with E-state index in [1.165, 1.54) is 11.1 Å². The summed E-state index contributed by atoms with van der Waals surface area (Å²) in [4.78, 5) is 4.62. The fourth-order valence-corrected chi connectivity index (χ4v) is 3.20. The Labute approximate surface area is 148 Å². The second kappa shape index (κ2) is 7.32. The van der Waals surface area contributed by atoms with Crippen molar-refractivity contribution in [3.63, 3.8) is 0 Å². The van der Waals surface area contributed by atoms with Gasteiger partial charge in [0.1, 0.15) is 5.76 Å². The number of aryl methyl sites for hydroxylation is 2. The van der Waals surface area contributed by atoms with Gasteiger partial charge in [0.25, 0.3) is 0 Å². The van der Waals surface area contributed by atoms with Crippen molar-refractivity contribution in [1.82, 2.24) is 15.0 Å². The number of hydrogen-bond donors (Lipinski definition) is 1. The quantitative estimate of drug-likeness (QED) is 0.863. The molecule has 0 aliphatic carbocycles. The molecule has 5 nitrogen and oxygen atoms in total. The van der Waals surface area contributed by atoms with E-state index in [1.807, 2.05) is 13.0 Å². The molecule has 1 aliphatic heterocycles. The molecule has 1 aliphatic rings. The van der Waals surface area contributed by atoms with Gasteiger partial charge >= 0.3 is 0 Å². The molecule has 0 unspecified atom stereocenters. The first kappa shape index (κ1) is 16.9. The Morgan fingerprint density at radius 2 is 1.96 bits per heavy atom. The van der Waals surface area contributed by atoms with Crippen LogP contribution in [-0.2, 0) is 6.54 Å². The second-order valence-corrected chi connectivity index (χ2v) is 6.76. The first-order valence-electron chi connectivity index (χ1n) is 8.29. The van der Waals surface area contributed by atoms with Gasteiger partial charge in [-0.05, 0) is 50.2 Å². The molecule has 0 spiro atoms. The number of rotatable bonds is 3. The maximum atomic E-state index is 5.60. The average Bonchev–Trinajstić information content (AvgIpc) is 2.97. The lowest BCUT2D eigenvalue weighted by Gasteiger charge is -2.36. The van der Waals surface area contributed by atoms with Gasteiger partial charge in [-0.2, -0.15) is 0 Å². The molecule has 24 heavy (non-hydrogen) atoms. The molecule has 0 radical (unpaired) electrons. The molecule has 6 heteroatoms. The molecule has 0 amide bonds. The Morgan fingerprint density at radius 3 is 2.62 bits per heavy atom. The number of aromatic nitrogens is 1. The van der Waals surface area contributed by atoms with E-state index in [0.29, 0.717) is 0 Å². The standard InChI is InChI=1S/C18H24N4OS/c1-13-5-4-6-17(15(13)3)19-18(24)22-9-7-21(8-10-22)12-16-11-14(2)23-20-16/h4-6,11H,7-10,12H2,1-3H3,(H,19,24). The molecule has 2 aromatic rings. The van der Waals surface area contributed by atoms with Gasteiger partial charge in [0, 0.05) is 44.5 Å². The second-order valence-electron chi connectivity index (χ2n) is 6.37. The van der Waals surface area contributed by atoms with Gasteiger partial charge in [0.15, 0.2) is 5.11 Å². The van der Waals surface area contributed by atoms with Crippen molar-refractivity contribution in [3.05, 3.63) is 46.8 Å². The van der Waals surface area contributed by atoms with E-state index in [2.05, 4.69) is 52.3 Å². The number of piperazine rings is 1. The number of anilines is 1. The van der Waals surface area contributed by atoms with Crippen molar-refractivity contribution in [1.29, 1.82) is 0 Å². The van der Waals surface area contributed by atoms with Gasteiger partial charge in [0.2, 0.25) is 0 Å². The zero-order valence-corrected chi connectivity index (χ0v) is 15.3. The lowest BCUT2D eigenvalue weighted by Crippen LogP contribution is -2.49. The topological polar surface area (TPSA) is 44.5 Å². The summed E-state index contributed by atoms with van der Waals surface area (Å²) in [6, 6.07) is 8.26. The number of benzene rings is 1. The maximum Gasteiger partial charge on any atom is 0.173 e. The summed E-state index contributed by atoms with van der Waals surface area (Å²) in [7, 11) is 0. The molecule has 1 aromatic heterocycles. The summed E-state index contributed by atoms with van der Waals surface area (Å²) in [6.07, 6.45) is 0. The highest BCUT2D eigenvalue weighted by molar-refractivity contribution is 7.80. The van der Waals surface area contributed by atoms with Gasteiger partial charge in [-0.3, -0.25) is 4.90 Å². The third-order valence-corrected chi connectivity index (χ3v) is 4.93. The Hall–Kier alpha value is -1.92. The highest BCUT2D eigenvalue weighted by Gasteiger charge is 2.20. The van der Waals surface area contributed by atoms with Crippen LogP contribution in [0.5, 0.6) is 0 Å². The SMILES string of the molecule is Cc1cc(CN2CCN(C(=S)Nc3cccc(C)c3C)CC2)no1. The van der Waals surface area contributed by atoms with Crippen LogP contribution in [0.2, 0.25) is 0 Å². The molecular formula is C18H24N4OS. The zero-order valence-electron chi connectivity index (χ0n) is 14.5. The van der Waals surface area contributed by atoms with Crippen molar-refractivity contribution in [2.24, 2.45) is 0 Å². The van der Waals surface area contributed by atoms with Crippen LogP contribution >= 0.6 is 12.2 Å². The Bertz CT molecular complexity index is 720. The molecule has 1 aromatic carbocycles. The Balaban J connectivity index is 1.52. The first-order chi connectivity index (χ1) is 11.5. The van der Waals surface area contributed by atoms with Crippen LogP contribution in [0.1, 0.15) is 22.6 Å². The maximum absolute atomic E-state index is 5.60. The number of nitrogens with one attached hydrogen (secondary N) is 1. The highest BCUT2D eigenvalue weighted by atomic mass is 32.1. The van der Waals surface area contributed by atoms with E-state index in [0.717, 1.165) is 55.0 Å². The normalized spacial score (nSPS) is 15.5. The van der Waals surface area contributed by atoms with E-state index in [-0.39, 0.29) is 0 Å². The highest BCUT2D eigenvalue weighted by Crippen LogP contribution is 2.19. The molecule has 1 saturated heterocycles. The molecule has 2 heterocycles. The molecule has 128 valence electrons. The molecule has 3 rings (SSSR count). The van der Waals surface area contributed by atoms with E-state index in [1.54, 1.807) is 0 Å². The van der Waals surface area contributed by atoms with Crippen LogP contribution < -0.4 is 5.32 Å². The first-order valence-corrected chi connectivity index (χ1v) is 8.70. The minimum atomic E-state index is 0.806. The van der Waals surface area contributed by atoms with E-state index in [4.69, 9.17) is 16.7 Å². The summed E-state index contributed by atoms with van der Waals surface area (Å²) in [5.41, 5.74) is 4.62. The van der Waals surface area contributed by atoms with Crippen molar-refractivity contribution < 1.29 is 4.52 Å². The minimum absolute atomic E-state index is 0.806. The third-order valence-electron chi connectivity index (χ3n) is 4.57. The summed E-state index contributed by atoms with van der Waals surface area (Å²) in [5, 5.41) is 8.28. The molecular weight excluding hydrogens is 320 g/mol. The lowest BCUT2D eigenvalue weighted by atomic mass is 10.1. The van der Waals surface area contributed by atoms with E-state index >= 15 is 0 Å². The molecule has 1 fully saturated rings. The van der Waals surface area contributed by atoms with Crippen LogP contribution in [-0.4, -0.2) is 46.2 Å². The van der Waals surface area contributed by atoms with Gasteiger partial charge in [0.05, 0.1) is 5.69 Å². The minimum Gasteiger partial charge on any atom is -0.361 e. The van der Waals surface area contributed by atoms with Crippen LogP contribution in [0.15, 0.2) is 28.8 Å². The number of hydrogen-bond acceptors (Lipinski definition) is 4. The molecule has 0 atom stereocenters. The zero-order chi connectivity index (χ0) is 17.1. The predicted molar refractivity (Wildman–Crippen MR) is 100 cm³/mol. The fourth-order valence-electron chi connectivity index (χ4n) is 2.91. The third kappa shape index (κ3) is 3.94. The van der Waals surface area contributed by atoms with Gasteiger partial charge in [-0.1, -0.05) is 17.3 Å². The van der Waals surface area contributed by atoms with Crippen molar-refractivity contribution in [2.45, 2.75) is 27.3 Å². The summed E-state index contributed by atoms with van der Waals surface area (Å²) < 4.78 is 5.13. The Kier molecular flexibility index (Phi) is 5.16. The van der Waals surface area contributed by atoms with E-state index in [9.17, 15) is 0 Å². The molecule has 0 saturated carbocycles. The molecule has 0 bridgehead atoms. The van der Waals surface area contributed by atoms with Gasteiger partial charge in [-0.25, -0.2) is 0 Å². The summed E-state index contributed by atoms with van der Waals surface area (Å²) in [6.45, 7) is 10.8. The fraction of sp³-hybridized carbons (Fsp3) is 0.444. The number of nitrogens with zero attached hydrogens (tertiary/aromatic N) is 3. The average molecular weight is 344 g/mol. The Morgan fingerprint density at radius 1 is 1.21 bits per heavy atom. The van der Waals surface area contributed by atoms with Gasteiger partial charge < -0.3 is 14.7 Å². The lowest BCUT2D eigenvalue weighted by molar-refractivity contribution is 0.173. The number of thiocarbonyl (C=S) groups is 1. The van der Waals surface area contributed by atoms with Gasteiger partial charge in [-0.15, -0.1) is 0 Å². The molecule has 1 N–H and O–H groups in total. The van der Waals surface area contributed by atoms with Crippen molar-refractivity contribution in [2.75, 3.05) is 31.5 Å². The predicted octanol–water partition coefficient (Wildman–Crippen LogP) is 3.11.